The third kappa shape index (κ3) is 19.8. The maximum absolute atomic E-state index is 10.4. The van der Waals surface area contributed by atoms with E-state index in [1.54, 1.807) is 0 Å². The number of unbranched alkanes of at least 4 members (excludes halogenated alkanes) is 12. The first-order chi connectivity index (χ1) is 12.3. The topological polar surface area (TPSA) is 35.5 Å². The fraction of sp³-hybridized carbons (Fsp3) is 0.955. The fourth-order valence-corrected chi connectivity index (χ4v) is 2.95. The van der Waals surface area contributed by atoms with Crippen LogP contribution in [0.2, 0.25) is 0 Å². The summed E-state index contributed by atoms with van der Waals surface area (Å²) in [6.07, 6.45) is 19.9. The summed E-state index contributed by atoms with van der Waals surface area (Å²) in [4.78, 5) is 10.4. The molecule has 0 spiro atoms. The number of ether oxygens (including phenoxy) is 2. The van der Waals surface area contributed by atoms with Crippen LogP contribution in [0.15, 0.2) is 0 Å². The second kappa shape index (κ2) is 21.6. The zero-order valence-corrected chi connectivity index (χ0v) is 17.1. The summed E-state index contributed by atoms with van der Waals surface area (Å²) in [6.45, 7) is 6.11. The summed E-state index contributed by atoms with van der Waals surface area (Å²) in [6, 6.07) is 0. The minimum Gasteiger partial charge on any atom is -0.353 e. The van der Waals surface area contributed by atoms with Crippen LogP contribution < -0.4 is 0 Å². The van der Waals surface area contributed by atoms with Crippen LogP contribution in [0, 0.1) is 0 Å². The van der Waals surface area contributed by atoms with Crippen LogP contribution in [-0.4, -0.2) is 25.8 Å². The molecule has 0 radical (unpaired) electrons. The molecule has 0 aliphatic carbocycles. The van der Waals surface area contributed by atoms with Gasteiger partial charge in [-0.05, 0) is 32.1 Å². The third-order valence-corrected chi connectivity index (χ3v) is 4.62. The first kappa shape index (κ1) is 24.6. The van der Waals surface area contributed by atoms with E-state index in [0.717, 1.165) is 51.6 Å². The molecule has 0 N–H and O–H groups in total. The predicted molar refractivity (Wildman–Crippen MR) is 107 cm³/mol. The van der Waals surface area contributed by atoms with Crippen LogP contribution in [0.25, 0.3) is 0 Å². The lowest BCUT2D eigenvalue weighted by Gasteiger charge is -2.18. The summed E-state index contributed by atoms with van der Waals surface area (Å²) in [5, 5.41) is 0. The smallest absolute Gasteiger partial charge is 0.157 e. The first-order valence-corrected chi connectivity index (χ1v) is 11.0. The fourth-order valence-electron chi connectivity index (χ4n) is 2.95. The standard InChI is InChI=1S/C22H44O3/c1-3-5-7-9-11-16-20-24-22(18-14-13-15-19-23)25-21-17-12-10-8-6-4-2/h19,22H,3-18,20-21H2,1-2H3. The molecule has 3 nitrogen and oxygen atoms in total. The van der Waals surface area contributed by atoms with E-state index in [0.29, 0.717) is 6.42 Å². The Labute approximate surface area is 157 Å². The molecule has 0 aliphatic rings. The number of rotatable bonds is 21. The van der Waals surface area contributed by atoms with Crippen LogP contribution in [0.4, 0.5) is 0 Å². The van der Waals surface area contributed by atoms with Crippen molar-refractivity contribution in [2.24, 2.45) is 0 Å². The van der Waals surface area contributed by atoms with E-state index < -0.39 is 0 Å². The molecule has 0 aliphatic heterocycles. The van der Waals surface area contributed by atoms with E-state index >= 15 is 0 Å². The van der Waals surface area contributed by atoms with Crippen molar-refractivity contribution in [2.75, 3.05) is 13.2 Å². The van der Waals surface area contributed by atoms with Gasteiger partial charge >= 0.3 is 0 Å². The van der Waals surface area contributed by atoms with Crippen molar-refractivity contribution >= 4 is 6.29 Å². The second-order valence-electron chi connectivity index (χ2n) is 7.16. The van der Waals surface area contributed by atoms with Crippen molar-refractivity contribution in [3.63, 3.8) is 0 Å². The lowest BCUT2D eigenvalue weighted by Crippen LogP contribution is -2.19. The van der Waals surface area contributed by atoms with Crippen LogP contribution in [0.5, 0.6) is 0 Å². The maximum atomic E-state index is 10.4. The Morgan fingerprint density at radius 2 is 1.12 bits per heavy atom. The van der Waals surface area contributed by atoms with Gasteiger partial charge < -0.3 is 14.3 Å². The highest BCUT2D eigenvalue weighted by molar-refractivity contribution is 5.48. The van der Waals surface area contributed by atoms with E-state index in [4.69, 9.17) is 9.47 Å². The molecule has 0 aromatic carbocycles. The minimum atomic E-state index is -0.0714. The molecule has 0 aromatic rings. The molecule has 0 rings (SSSR count). The summed E-state index contributed by atoms with van der Waals surface area (Å²) >= 11 is 0. The van der Waals surface area contributed by atoms with E-state index in [-0.39, 0.29) is 6.29 Å². The molecule has 3 heteroatoms. The van der Waals surface area contributed by atoms with Gasteiger partial charge in [0.25, 0.3) is 0 Å². The third-order valence-electron chi connectivity index (χ3n) is 4.62. The Balaban J connectivity index is 3.72. The summed E-state index contributed by atoms with van der Waals surface area (Å²) < 4.78 is 11.9. The van der Waals surface area contributed by atoms with Crippen molar-refractivity contribution in [1.82, 2.24) is 0 Å². The SMILES string of the molecule is CCCCCCCCOC(CCCCC=O)OCCCCCCCC. The molecule has 0 saturated carbocycles. The number of aldehydes is 1. The van der Waals surface area contributed by atoms with Crippen molar-refractivity contribution in [2.45, 2.75) is 123 Å². The van der Waals surface area contributed by atoms with E-state index in [1.807, 2.05) is 0 Å². The van der Waals surface area contributed by atoms with Gasteiger partial charge in [-0.2, -0.15) is 0 Å². The molecule has 0 atom stereocenters. The van der Waals surface area contributed by atoms with Gasteiger partial charge in [0, 0.05) is 19.6 Å². The van der Waals surface area contributed by atoms with Crippen molar-refractivity contribution in [1.29, 1.82) is 0 Å². The maximum Gasteiger partial charge on any atom is 0.157 e. The Kier molecular flexibility index (Phi) is 21.3. The Bertz CT molecular complexity index is 238. The van der Waals surface area contributed by atoms with Gasteiger partial charge in [0.2, 0.25) is 0 Å². The lowest BCUT2D eigenvalue weighted by molar-refractivity contribution is -0.148. The predicted octanol–water partition coefficient (Wildman–Crippen LogP) is 6.83. The number of hydrogen-bond acceptors (Lipinski definition) is 3. The quantitative estimate of drug-likeness (QED) is 0.128. The second-order valence-corrected chi connectivity index (χ2v) is 7.16. The highest BCUT2D eigenvalue weighted by atomic mass is 16.7. The minimum absolute atomic E-state index is 0.0714. The highest BCUT2D eigenvalue weighted by Crippen LogP contribution is 2.12. The molecule has 0 amide bonds. The molecule has 0 bridgehead atoms. The average Bonchev–Trinajstić information content (AvgIpc) is 2.63. The normalized spacial score (nSPS) is 11.3. The van der Waals surface area contributed by atoms with Crippen LogP contribution in [0.3, 0.4) is 0 Å². The molecule has 0 unspecified atom stereocenters. The summed E-state index contributed by atoms with van der Waals surface area (Å²) in [7, 11) is 0. The van der Waals surface area contributed by atoms with Gasteiger partial charge in [-0.1, -0.05) is 78.1 Å². The first-order valence-electron chi connectivity index (χ1n) is 11.0. The zero-order valence-electron chi connectivity index (χ0n) is 17.1. The van der Waals surface area contributed by atoms with E-state index in [2.05, 4.69) is 13.8 Å². The van der Waals surface area contributed by atoms with Gasteiger partial charge in [-0.15, -0.1) is 0 Å². The van der Waals surface area contributed by atoms with Crippen molar-refractivity contribution < 1.29 is 14.3 Å². The van der Waals surface area contributed by atoms with Crippen LogP contribution in [0.1, 0.15) is 117 Å². The monoisotopic (exact) mass is 356 g/mol. The molecule has 150 valence electrons. The van der Waals surface area contributed by atoms with Crippen LogP contribution >= 0.6 is 0 Å². The Hall–Kier alpha value is -0.410. The largest absolute Gasteiger partial charge is 0.353 e. The number of carbonyl (C=O) groups is 1. The average molecular weight is 357 g/mol. The van der Waals surface area contributed by atoms with Crippen molar-refractivity contribution in [3.8, 4) is 0 Å². The van der Waals surface area contributed by atoms with Gasteiger partial charge in [0.15, 0.2) is 6.29 Å². The van der Waals surface area contributed by atoms with Gasteiger partial charge in [0.05, 0.1) is 0 Å². The Morgan fingerprint density at radius 3 is 1.60 bits per heavy atom. The van der Waals surface area contributed by atoms with Gasteiger partial charge in [0.1, 0.15) is 6.29 Å². The molecule has 0 saturated heterocycles. The lowest BCUT2D eigenvalue weighted by atomic mass is 10.1. The summed E-state index contributed by atoms with van der Waals surface area (Å²) in [5.41, 5.74) is 0. The molecular weight excluding hydrogens is 312 g/mol. The Morgan fingerprint density at radius 1 is 0.640 bits per heavy atom. The summed E-state index contributed by atoms with van der Waals surface area (Å²) in [5.74, 6) is 0. The highest BCUT2D eigenvalue weighted by Gasteiger charge is 2.09. The number of hydrogen-bond donors (Lipinski definition) is 0. The molecular formula is C22H44O3. The van der Waals surface area contributed by atoms with Crippen LogP contribution in [-0.2, 0) is 14.3 Å². The molecule has 0 aromatic heterocycles. The van der Waals surface area contributed by atoms with Crippen molar-refractivity contribution in [3.05, 3.63) is 0 Å². The number of carbonyl (C=O) groups excluding carboxylic acids is 1. The van der Waals surface area contributed by atoms with Gasteiger partial charge in [-0.3, -0.25) is 0 Å². The van der Waals surface area contributed by atoms with E-state index in [1.165, 1.54) is 64.2 Å². The molecule has 25 heavy (non-hydrogen) atoms. The molecule has 0 fully saturated rings. The van der Waals surface area contributed by atoms with Gasteiger partial charge in [-0.25, -0.2) is 0 Å². The zero-order chi connectivity index (χ0) is 18.4. The molecule has 0 heterocycles. The van der Waals surface area contributed by atoms with E-state index in [9.17, 15) is 4.79 Å².